The van der Waals surface area contributed by atoms with Crippen molar-refractivity contribution < 1.29 is 0 Å². The predicted octanol–water partition coefficient (Wildman–Crippen LogP) is 3.50. The third-order valence-corrected chi connectivity index (χ3v) is 3.70. The van der Waals surface area contributed by atoms with E-state index in [2.05, 4.69) is 54.8 Å². The summed E-state index contributed by atoms with van der Waals surface area (Å²) in [5.41, 5.74) is 8.47. The van der Waals surface area contributed by atoms with Gasteiger partial charge in [-0.2, -0.15) is 0 Å². The van der Waals surface area contributed by atoms with E-state index in [0.29, 0.717) is 12.5 Å². The zero-order valence-electron chi connectivity index (χ0n) is 9.97. The SMILES string of the molecule is CSc1ccc(C(CN)c2ccccc2)cc1. The molecule has 0 spiro atoms. The maximum Gasteiger partial charge on any atom is 0.0212 e. The third kappa shape index (κ3) is 2.90. The van der Waals surface area contributed by atoms with Crippen LogP contribution in [0.1, 0.15) is 17.0 Å². The van der Waals surface area contributed by atoms with Crippen molar-refractivity contribution in [3.8, 4) is 0 Å². The van der Waals surface area contributed by atoms with E-state index in [1.54, 1.807) is 11.8 Å². The van der Waals surface area contributed by atoms with Crippen LogP contribution < -0.4 is 5.73 Å². The largest absolute Gasteiger partial charge is 0.330 e. The Kier molecular flexibility index (Phi) is 4.24. The van der Waals surface area contributed by atoms with Crippen LogP contribution in [0, 0.1) is 0 Å². The van der Waals surface area contributed by atoms with Crippen LogP contribution in [-0.2, 0) is 0 Å². The first-order valence-corrected chi connectivity index (χ1v) is 6.96. The fourth-order valence-corrected chi connectivity index (χ4v) is 2.39. The molecule has 0 fully saturated rings. The molecule has 0 bridgehead atoms. The highest BCUT2D eigenvalue weighted by atomic mass is 32.2. The molecule has 1 nitrogen and oxygen atoms in total. The number of hydrogen-bond acceptors (Lipinski definition) is 2. The molecule has 0 radical (unpaired) electrons. The standard InChI is InChI=1S/C15H17NS/c1-17-14-9-7-13(8-10-14)15(11-16)12-5-3-2-4-6-12/h2-10,15H,11,16H2,1H3. The Hall–Kier alpha value is -1.25. The van der Waals surface area contributed by atoms with Crippen molar-refractivity contribution in [2.45, 2.75) is 10.8 Å². The first-order valence-electron chi connectivity index (χ1n) is 5.74. The third-order valence-electron chi connectivity index (χ3n) is 2.96. The number of nitrogens with two attached hydrogens (primary N) is 1. The van der Waals surface area contributed by atoms with E-state index in [1.165, 1.54) is 16.0 Å². The number of hydrogen-bond donors (Lipinski definition) is 1. The summed E-state index contributed by atoms with van der Waals surface area (Å²) in [6.45, 7) is 0.641. The van der Waals surface area contributed by atoms with E-state index in [9.17, 15) is 0 Å². The zero-order chi connectivity index (χ0) is 12.1. The van der Waals surface area contributed by atoms with Crippen LogP contribution in [0.2, 0.25) is 0 Å². The zero-order valence-corrected chi connectivity index (χ0v) is 10.8. The van der Waals surface area contributed by atoms with Crippen molar-refractivity contribution in [2.75, 3.05) is 12.8 Å². The topological polar surface area (TPSA) is 26.0 Å². The lowest BCUT2D eigenvalue weighted by Crippen LogP contribution is -2.13. The molecule has 0 heterocycles. The van der Waals surface area contributed by atoms with Crippen LogP contribution in [-0.4, -0.2) is 12.8 Å². The second-order valence-corrected chi connectivity index (χ2v) is 4.85. The van der Waals surface area contributed by atoms with Crippen molar-refractivity contribution in [2.24, 2.45) is 5.73 Å². The molecule has 1 unspecified atom stereocenters. The molecule has 0 aromatic heterocycles. The quantitative estimate of drug-likeness (QED) is 0.832. The lowest BCUT2D eigenvalue weighted by molar-refractivity contribution is 0.818. The van der Waals surface area contributed by atoms with Gasteiger partial charge in [-0.15, -0.1) is 11.8 Å². The molecule has 0 aliphatic heterocycles. The molecule has 0 aliphatic carbocycles. The molecule has 2 rings (SSSR count). The number of benzene rings is 2. The fraction of sp³-hybridized carbons (Fsp3) is 0.200. The van der Waals surface area contributed by atoms with Crippen LogP contribution in [0.3, 0.4) is 0 Å². The van der Waals surface area contributed by atoms with Gasteiger partial charge >= 0.3 is 0 Å². The Labute approximate surface area is 107 Å². The summed E-state index contributed by atoms with van der Waals surface area (Å²) in [7, 11) is 0. The van der Waals surface area contributed by atoms with E-state index in [1.807, 2.05) is 6.07 Å². The molecule has 2 N–H and O–H groups in total. The van der Waals surface area contributed by atoms with Gasteiger partial charge < -0.3 is 5.73 Å². The van der Waals surface area contributed by atoms with E-state index >= 15 is 0 Å². The summed E-state index contributed by atoms with van der Waals surface area (Å²) in [5, 5.41) is 0. The first kappa shape index (κ1) is 12.2. The summed E-state index contributed by atoms with van der Waals surface area (Å²) in [4.78, 5) is 1.29. The molecule has 17 heavy (non-hydrogen) atoms. The molecule has 0 aliphatic rings. The molecule has 2 aromatic carbocycles. The molecule has 88 valence electrons. The molecule has 1 atom stereocenters. The summed E-state index contributed by atoms with van der Waals surface area (Å²) in [6, 6.07) is 19.1. The van der Waals surface area contributed by atoms with Gasteiger partial charge in [-0.1, -0.05) is 42.5 Å². The monoisotopic (exact) mass is 243 g/mol. The molecule has 0 saturated carbocycles. The van der Waals surface area contributed by atoms with Gasteiger partial charge in [0.2, 0.25) is 0 Å². The molecule has 2 aromatic rings. The van der Waals surface area contributed by atoms with Crippen LogP contribution in [0.4, 0.5) is 0 Å². The van der Waals surface area contributed by atoms with E-state index in [4.69, 9.17) is 5.73 Å². The normalized spacial score (nSPS) is 12.4. The highest BCUT2D eigenvalue weighted by molar-refractivity contribution is 7.98. The maximum atomic E-state index is 5.90. The lowest BCUT2D eigenvalue weighted by Gasteiger charge is -2.16. The summed E-state index contributed by atoms with van der Waals surface area (Å²) >= 11 is 1.76. The smallest absolute Gasteiger partial charge is 0.0212 e. The molecule has 2 heteroatoms. The number of rotatable bonds is 4. The predicted molar refractivity (Wildman–Crippen MR) is 75.6 cm³/mol. The minimum absolute atomic E-state index is 0.298. The lowest BCUT2D eigenvalue weighted by atomic mass is 9.91. The van der Waals surface area contributed by atoms with Crippen molar-refractivity contribution in [3.05, 3.63) is 65.7 Å². The summed E-state index contributed by atoms with van der Waals surface area (Å²) in [5.74, 6) is 0.298. The molecule has 0 amide bonds. The Morgan fingerprint density at radius 3 is 2.06 bits per heavy atom. The summed E-state index contributed by atoms with van der Waals surface area (Å²) in [6.07, 6.45) is 2.09. The van der Waals surface area contributed by atoms with Crippen LogP contribution in [0.5, 0.6) is 0 Å². The minimum atomic E-state index is 0.298. The minimum Gasteiger partial charge on any atom is -0.330 e. The average Bonchev–Trinajstić information content (AvgIpc) is 2.42. The molecular weight excluding hydrogens is 226 g/mol. The van der Waals surface area contributed by atoms with Crippen LogP contribution in [0.25, 0.3) is 0 Å². The van der Waals surface area contributed by atoms with E-state index in [0.717, 1.165) is 0 Å². The van der Waals surface area contributed by atoms with Gasteiger partial charge in [0.1, 0.15) is 0 Å². The van der Waals surface area contributed by atoms with Crippen LogP contribution >= 0.6 is 11.8 Å². The molecular formula is C15H17NS. The van der Waals surface area contributed by atoms with Gasteiger partial charge in [0.15, 0.2) is 0 Å². The Morgan fingerprint density at radius 2 is 1.53 bits per heavy atom. The van der Waals surface area contributed by atoms with Gasteiger partial charge in [-0.3, -0.25) is 0 Å². The van der Waals surface area contributed by atoms with Crippen molar-refractivity contribution in [1.82, 2.24) is 0 Å². The number of thioether (sulfide) groups is 1. The average molecular weight is 243 g/mol. The van der Waals surface area contributed by atoms with Crippen molar-refractivity contribution in [1.29, 1.82) is 0 Å². The first-order chi connectivity index (χ1) is 8.35. The Morgan fingerprint density at radius 1 is 0.941 bits per heavy atom. The Bertz CT molecular complexity index is 450. The van der Waals surface area contributed by atoms with Crippen LogP contribution in [0.15, 0.2) is 59.5 Å². The van der Waals surface area contributed by atoms with E-state index in [-0.39, 0.29) is 0 Å². The fourth-order valence-electron chi connectivity index (χ4n) is 1.99. The van der Waals surface area contributed by atoms with Gasteiger partial charge in [0.05, 0.1) is 0 Å². The highest BCUT2D eigenvalue weighted by Gasteiger charge is 2.11. The van der Waals surface area contributed by atoms with Gasteiger partial charge in [0, 0.05) is 17.4 Å². The maximum absolute atomic E-state index is 5.90. The second-order valence-electron chi connectivity index (χ2n) is 3.97. The van der Waals surface area contributed by atoms with E-state index < -0.39 is 0 Å². The second kappa shape index (κ2) is 5.89. The Balaban J connectivity index is 2.29. The van der Waals surface area contributed by atoms with Crippen molar-refractivity contribution >= 4 is 11.8 Å². The summed E-state index contributed by atoms with van der Waals surface area (Å²) < 4.78 is 0. The van der Waals surface area contributed by atoms with Gasteiger partial charge in [0.25, 0.3) is 0 Å². The molecule has 0 saturated heterocycles. The van der Waals surface area contributed by atoms with Crippen molar-refractivity contribution in [3.63, 3.8) is 0 Å². The van der Waals surface area contributed by atoms with Gasteiger partial charge in [-0.25, -0.2) is 0 Å². The van der Waals surface area contributed by atoms with Gasteiger partial charge in [-0.05, 0) is 29.5 Å². The highest BCUT2D eigenvalue weighted by Crippen LogP contribution is 2.25.